The molecule has 0 aliphatic carbocycles. The van der Waals surface area contributed by atoms with Crippen LogP contribution in [0.3, 0.4) is 0 Å². The van der Waals surface area contributed by atoms with Crippen molar-refractivity contribution in [2.75, 3.05) is 5.32 Å². The maximum absolute atomic E-state index is 13.4. The molecular weight excluding hydrogens is 303 g/mol. The lowest BCUT2D eigenvalue weighted by molar-refractivity contribution is -0.384. The minimum Gasteiger partial charge on any atom is -0.372 e. The molecule has 0 bridgehead atoms. The average Bonchev–Trinajstić information content (AvgIpc) is 2.80. The van der Waals surface area contributed by atoms with Gasteiger partial charge in [0.2, 0.25) is 0 Å². The molecule has 106 valence electrons. The van der Waals surface area contributed by atoms with Gasteiger partial charge in [-0.2, -0.15) is 0 Å². The summed E-state index contributed by atoms with van der Waals surface area (Å²) >= 11 is 7.26. The predicted octanol–water partition coefficient (Wildman–Crippen LogP) is 4.93. The topological polar surface area (TPSA) is 55.2 Å². The molecule has 2 rings (SSSR count). The first-order chi connectivity index (χ1) is 9.38. The molecule has 0 amide bonds. The van der Waals surface area contributed by atoms with Crippen molar-refractivity contribution in [3.05, 3.63) is 55.0 Å². The number of anilines is 1. The largest absolute Gasteiger partial charge is 0.372 e. The van der Waals surface area contributed by atoms with E-state index in [0.29, 0.717) is 15.6 Å². The quantitative estimate of drug-likeness (QED) is 0.643. The van der Waals surface area contributed by atoms with Gasteiger partial charge in [0.05, 0.1) is 21.4 Å². The number of nitrogens with one attached hydrogen (secondary N) is 1. The standard InChI is InChI=1S/C13H12ClFN2O2S/c1-7-5-10(11(17(18)19)6-9(7)15)16-8(2)12-3-4-13(14)20-12/h3-6,8,16H,1-2H3. The number of nitro benzene ring substituents is 1. The lowest BCUT2D eigenvalue weighted by atomic mass is 10.1. The highest BCUT2D eigenvalue weighted by atomic mass is 35.5. The molecule has 0 saturated heterocycles. The van der Waals surface area contributed by atoms with Gasteiger partial charge in [0.1, 0.15) is 11.5 Å². The number of nitrogens with zero attached hydrogens (tertiary/aromatic N) is 1. The maximum Gasteiger partial charge on any atom is 0.295 e. The third-order valence-corrected chi connectivity index (χ3v) is 4.28. The Labute approximate surface area is 124 Å². The summed E-state index contributed by atoms with van der Waals surface area (Å²) in [6.45, 7) is 3.43. The van der Waals surface area contributed by atoms with Crippen LogP contribution in [0.15, 0.2) is 24.3 Å². The zero-order valence-corrected chi connectivity index (χ0v) is 12.4. The molecule has 2 aromatic rings. The highest BCUT2D eigenvalue weighted by Crippen LogP contribution is 2.33. The van der Waals surface area contributed by atoms with Gasteiger partial charge in [-0.1, -0.05) is 11.6 Å². The predicted molar refractivity (Wildman–Crippen MR) is 79.2 cm³/mol. The number of rotatable bonds is 4. The Morgan fingerprint density at radius 2 is 2.15 bits per heavy atom. The normalized spacial score (nSPS) is 12.2. The fourth-order valence-electron chi connectivity index (χ4n) is 1.80. The van der Waals surface area contributed by atoms with E-state index in [4.69, 9.17) is 11.6 Å². The molecule has 1 aromatic carbocycles. The fraction of sp³-hybridized carbons (Fsp3) is 0.231. The van der Waals surface area contributed by atoms with E-state index in [9.17, 15) is 14.5 Å². The van der Waals surface area contributed by atoms with Crippen LogP contribution in [0.4, 0.5) is 15.8 Å². The number of aryl methyl sites for hydroxylation is 1. The average molecular weight is 315 g/mol. The molecule has 0 fully saturated rings. The van der Waals surface area contributed by atoms with Gasteiger partial charge in [-0.25, -0.2) is 4.39 Å². The Balaban J connectivity index is 2.33. The van der Waals surface area contributed by atoms with Crippen LogP contribution in [0.2, 0.25) is 4.34 Å². The van der Waals surface area contributed by atoms with Gasteiger partial charge in [0.15, 0.2) is 0 Å². The lowest BCUT2D eigenvalue weighted by Crippen LogP contribution is -2.07. The summed E-state index contributed by atoms with van der Waals surface area (Å²) in [6.07, 6.45) is 0. The second kappa shape index (κ2) is 5.76. The molecule has 7 heteroatoms. The van der Waals surface area contributed by atoms with Gasteiger partial charge in [-0.3, -0.25) is 10.1 Å². The summed E-state index contributed by atoms with van der Waals surface area (Å²) in [4.78, 5) is 11.3. The minimum absolute atomic E-state index is 0.156. The number of hydrogen-bond acceptors (Lipinski definition) is 4. The Hall–Kier alpha value is -1.66. The molecule has 1 unspecified atom stereocenters. The van der Waals surface area contributed by atoms with Crippen LogP contribution in [0.25, 0.3) is 0 Å². The van der Waals surface area contributed by atoms with E-state index in [1.165, 1.54) is 17.4 Å². The van der Waals surface area contributed by atoms with E-state index < -0.39 is 10.7 Å². The number of nitro groups is 1. The van der Waals surface area contributed by atoms with E-state index in [2.05, 4.69) is 5.32 Å². The van der Waals surface area contributed by atoms with Gasteiger partial charge in [-0.15, -0.1) is 11.3 Å². The molecule has 1 aromatic heterocycles. The first-order valence-corrected chi connectivity index (χ1v) is 7.04. The smallest absolute Gasteiger partial charge is 0.295 e. The Bertz CT molecular complexity index is 660. The minimum atomic E-state index is -0.598. The second-order valence-corrected chi connectivity index (χ2v) is 6.13. The van der Waals surface area contributed by atoms with E-state index in [1.54, 1.807) is 13.0 Å². The van der Waals surface area contributed by atoms with Crippen LogP contribution in [0.1, 0.15) is 23.4 Å². The molecule has 1 N–H and O–H groups in total. The van der Waals surface area contributed by atoms with Gasteiger partial charge in [0, 0.05) is 4.88 Å². The molecule has 0 radical (unpaired) electrons. The van der Waals surface area contributed by atoms with Crippen molar-refractivity contribution >= 4 is 34.3 Å². The number of halogens is 2. The molecule has 20 heavy (non-hydrogen) atoms. The molecular formula is C13H12ClFN2O2S. The molecule has 0 aliphatic rings. The van der Waals surface area contributed by atoms with E-state index in [0.717, 1.165) is 10.9 Å². The van der Waals surface area contributed by atoms with Gasteiger partial charge >= 0.3 is 0 Å². The van der Waals surface area contributed by atoms with Crippen LogP contribution in [-0.4, -0.2) is 4.92 Å². The van der Waals surface area contributed by atoms with E-state index in [-0.39, 0.29) is 11.7 Å². The van der Waals surface area contributed by atoms with Crippen molar-refractivity contribution in [1.29, 1.82) is 0 Å². The van der Waals surface area contributed by atoms with Crippen molar-refractivity contribution in [3.63, 3.8) is 0 Å². The van der Waals surface area contributed by atoms with Gasteiger partial charge in [-0.05, 0) is 37.6 Å². The summed E-state index contributed by atoms with van der Waals surface area (Å²) < 4.78 is 14.1. The molecule has 1 heterocycles. The number of benzene rings is 1. The highest BCUT2D eigenvalue weighted by molar-refractivity contribution is 7.16. The fourth-order valence-corrected chi connectivity index (χ4v) is 2.87. The Morgan fingerprint density at radius 3 is 2.70 bits per heavy atom. The van der Waals surface area contributed by atoms with E-state index in [1.807, 2.05) is 13.0 Å². The van der Waals surface area contributed by atoms with Crippen molar-refractivity contribution in [1.82, 2.24) is 0 Å². The third kappa shape index (κ3) is 3.08. The van der Waals surface area contributed by atoms with Crippen LogP contribution < -0.4 is 5.32 Å². The number of hydrogen-bond donors (Lipinski definition) is 1. The van der Waals surface area contributed by atoms with E-state index >= 15 is 0 Å². The first kappa shape index (κ1) is 14.7. The Morgan fingerprint density at radius 1 is 1.45 bits per heavy atom. The maximum atomic E-state index is 13.4. The third-order valence-electron chi connectivity index (χ3n) is 2.87. The summed E-state index contributed by atoms with van der Waals surface area (Å²) in [7, 11) is 0. The van der Waals surface area contributed by atoms with Crippen LogP contribution >= 0.6 is 22.9 Å². The second-order valence-electron chi connectivity index (χ2n) is 4.38. The Kier molecular flexibility index (Phi) is 4.25. The SMILES string of the molecule is Cc1cc(NC(C)c2ccc(Cl)s2)c([N+](=O)[O-])cc1F. The number of thiophene rings is 1. The first-order valence-electron chi connectivity index (χ1n) is 5.85. The van der Waals surface area contributed by atoms with Crippen molar-refractivity contribution < 1.29 is 9.31 Å². The zero-order chi connectivity index (χ0) is 14.9. The zero-order valence-electron chi connectivity index (χ0n) is 10.8. The molecule has 1 atom stereocenters. The molecule has 0 saturated carbocycles. The van der Waals surface area contributed by atoms with Crippen LogP contribution in [0.5, 0.6) is 0 Å². The lowest BCUT2D eigenvalue weighted by Gasteiger charge is -2.14. The monoisotopic (exact) mass is 314 g/mol. The van der Waals surface area contributed by atoms with Gasteiger partial charge in [0.25, 0.3) is 5.69 Å². The molecule has 0 spiro atoms. The van der Waals surface area contributed by atoms with Crippen LogP contribution in [0, 0.1) is 22.9 Å². The summed E-state index contributed by atoms with van der Waals surface area (Å²) in [5.74, 6) is -0.589. The van der Waals surface area contributed by atoms with Crippen LogP contribution in [-0.2, 0) is 0 Å². The summed E-state index contributed by atoms with van der Waals surface area (Å²) in [5, 5.41) is 14.0. The van der Waals surface area contributed by atoms with Crippen molar-refractivity contribution in [2.24, 2.45) is 0 Å². The molecule has 0 aliphatic heterocycles. The van der Waals surface area contributed by atoms with Gasteiger partial charge < -0.3 is 5.32 Å². The summed E-state index contributed by atoms with van der Waals surface area (Å²) in [5.41, 5.74) is 0.378. The summed E-state index contributed by atoms with van der Waals surface area (Å²) in [6, 6.07) is 5.85. The molecule has 4 nitrogen and oxygen atoms in total. The van der Waals surface area contributed by atoms with Crippen molar-refractivity contribution in [3.8, 4) is 0 Å². The van der Waals surface area contributed by atoms with Crippen molar-refractivity contribution in [2.45, 2.75) is 19.9 Å². The highest BCUT2D eigenvalue weighted by Gasteiger charge is 2.19.